The van der Waals surface area contributed by atoms with E-state index < -0.39 is 12.0 Å². The van der Waals surface area contributed by atoms with E-state index in [-0.39, 0.29) is 25.5 Å². The molecule has 1 amide bonds. The highest BCUT2D eigenvalue weighted by Gasteiger charge is 2.31. The van der Waals surface area contributed by atoms with E-state index >= 15 is 0 Å². The monoisotopic (exact) mass is 327 g/mol. The smallest absolute Gasteiger partial charge is 0.305 e. The van der Waals surface area contributed by atoms with Crippen LogP contribution in [0.1, 0.15) is 12.0 Å². The van der Waals surface area contributed by atoms with Crippen molar-refractivity contribution >= 4 is 33.5 Å². The maximum absolute atomic E-state index is 12.0. The zero-order valence-electron chi connectivity index (χ0n) is 10.4. The molecular formula is C13H14BrNO4. The number of morpholine rings is 1. The number of ether oxygens (including phenoxy) is 1. The van der Waals surface area contributed by atoms with Crippen molar-refractivity contribution in [1.29, 1.82) is 0 Å². The minimum absolute atomic E-state index is 0.00870. The molecule has 1 N–H and O–H groups in total. The van der Waals surface area contributed by atoms with Crippen molar-refractivity contribution in [3.05, 3.63) is 28.2 Å². The van der Waals surface area contributed by atoms with Gasteiger partial charge in [-0.15, -0.1) is 0 Å². The highest BCUT2D eigenvalue weighted by Crippen LogP contribution is 2.27. The summed E-state index contributed by atoms with van der Waals surface area (Å²) in [6.07, 6.45) is -0.124. The molecule has 19 heavy (non-hydrogen) atoms. The number of anilines is 1. The van der Waals surface area contributed by atoms with Crippen LogP contribution in [0, 0.1) is 6.92 Å². The molecule has 1 unspecified atom stereocenters. The van der Waals surface area contributed by atoms with Crippen LogP contribution in [-0.2, 0) is 14.3 Å². The van der Waals surface area contributed by atoms with Gasteiger partial charge in [0, 0.05) is 10.2 Å². The Labute approximate surface area is 119 Å². The van der Waals surface area contributed by atoms with Crippen molar-refractivity contribution in [3.63, 3.8) is 0 Å². The fraction of sp³-hybridized carbons (Fsp3) is 0.385. The van der Waals surface area contributed by atoms with Crippen LogP contribution in [0.2, 0.25) is 0 Å². The molecule has 0 radical (unpaired) electrons. The van der Waals surface area contributed by atoms with Gasteiger partial charge in [0.2, 0.25) is 0 Å². The van der Waals surface area contributed by atoms with Gasteiger partial charge in [0.25, 0.3) is 5.91 Å². The van der Waals surface area contributed by atoms with Gasteiger partial charge in [0.05, 0.1) is 19.1 Å². The van der Waals surface area contributed by atoms with Crippen molar-refractivity contribution < 1.29 is 19.4 Å². The summed E-state index contributed by atoms with van der Waals surface area (Å²) in [6, 6.07) is 5.06. The molecular weight excluding hydrogens is 314 g/mol. The molecule has 1 aromatic rings. The Hall–Kier alpha value is -1.40. The number of nitrogens with zero attached hydrogens (tertiary/aromatic N) is 1. The number of carbonyl (C=O) groups is 2. The van der Waals surface area contributed by atoms with Crippen LogP contribution in [0.15, 0.2) is 22.7 Å². The second-order valence-corrected chi connectivity index (χ2v) is 5.32. The number of carboxylic acid groups (broad SMARTS) is 1. The Balaban J connectivity index is 2.32. The summed E-state index contributed by atoms with van der Waals surface area (Å²) in [5.74, 6) is -1.15. The molecule has 5 nitrogen and oxygen atoms in total. The van der Waals surface area contributed by atoms with E-state index in [4.69, 9.17) is 9.84 Å². The minimum atomic E-state index is -0.942. The number of aryl methyl sites for hydroxylation is 1. The third-order valence-electron chi connectivity index (χ3n) is 3.00. The van der Waals surface area contributed by atoms with Gasteiger partial charge in [0.15, 0.2) is 0 Å². The average Bonchev–Trinajstić information content (AvgIpc) is 2.32. The van der Waals surface area contributed by atoms with E-state index in [1.54, 1.807) is 6.07 Å². The topological polar surface area (TPSA) is 66.8 Å². The van der Waals surface area contributed by atoms with Gasteiger partial charge < -0.3 is 14.7 Å². The number of hydrogen-bond donors (Lipinski definition) is 1. The normalized spacial score (nSPS) is 19.6. The fourth-order valence-corrected chi connectivity index (χ4v) is 2.36. The summed E-state index contributed by atoms with van der Waals surface area (Å²) in [5, 5.41) is 8.91. The number of amides is 1. The van der Waals surface area contributed by atoms with Crippen molar-refractivity contribution in [2.75, 3.05) is 18.1 Å². The van der Waals surface area contributed by atoms with Crippen molar-refractivity contribution in [2.24, 2.45) is 0 Å². The molecule has 1 heterocycles. The molecule has 1 aliphatic heterocycles. The third-order valence-corrected chi connectivity index (χ3v) is 3.89. The molecule has 2 rings (SSSR count). The Bertz CT molecular complexity index is 517. The summed E-state index contributed by atoms with van der Waals surface area (Å²) in [4.78, 5) is 24.4. The zero-order chi connectivity index (χ0) is 14.0. The molecule has 0 aliphatic carbocycles. The molecule has 0 aromatic heterocycles. The predicted octanol–water partition coefficient (Wildman–Crippen LogP) is 1.96. The van der Waals surface area contributed by atoms with Gasteiger partial charge in [-0.3, -0.25) is 9.59 Å². The van der Waals surface area contributed by atoms with Gasteiger partial charge in [-0.1, -0.05) is 15.9 Å². The first-order valence-corrected chi connectivity index (χ1v) is 6.66. The van der Waals surface area contributed by atoms with Crippen LogP contribution in [0.25, 0.3) is 0 Å². The Morgan fingerprint density at radius 2 is 2.32 bits per heavy atom. The number of carboxylic acids is 1. The van der Waals surface area contributed by atoms with Gasteiger partial charge in [-0.25, -0.2) is 0 Å². The number of carbonyl (C=O) groups excluding carboxylic acids is 1. The highest BCUT2D eigenvalue weighted by atomic mass is 79.9. The van der Waals surface area contributed by atoms with E-state index in [9.17, 15) is 9.59 Å². The average molecular weight is 328 g/mol. The maximum atomic E-state index is 12.0. The largest absolute Gasteiger partial charge is 0.481 e. The first-order valence-electron chi connectivity index (χ1n) is 5.87. The number of halogens is 1. The lowest BCUT2D eigenvalue weighted by Gasteiger charge is -2.35. The quantitative estimate of drug-likeness (QED) is 0.921. The van der Waals surface area contributed by atoms with Crippen LogP contribution >= 0.6 is 15.9 Å². The lowest BCUT2D eigenvalue weighted by molar-refractivity contribution is -0.138. The third kappa shape index (κ3) is 3.13. The Morgan fingerprint density at radius 3 is 2.95 bits per heavy atom. The van der Waals surface area contributed by atoms with Gasteiger partial charge in [-0.05, 0) is 30.7 Å². The molecule has 0 bridgehead atoms. The van der Waals surface area contributed by atoms with Crippen LogP contribution < -0.4 is 4.90 Å². The number of rotatable bonds is 3. The molecule has 1 saturated heterocycles. The molecule has 1 aliphatic rings. The predicted molar refractivity (Wildman–Crippen MR) is 73.2 cm³/mol. The highest BCUT2D eigenvalue weighted by molar-refractivity contribution is 9.10. The first-order chi connectivity index (χ1) is 8.99. The Kier molecular flexibility index (Phi) is 4.21. The summed E-state index contributed by atoms with van der Waals surface area (Å²) in [5.41, 5.74) is 1.70. The van der Waals surface area contributed by atoms with Crippen LogP contribution in [0.3, 0.4) is 0 Å². The van der Waals surface area contributed by atoms with Gasteiger partial charge in [0.1, 0.15) is 6.61 Å². The van der Waals surface area contributed by atoms with Crippen molar-refractivity contribution in [2.45, 2.75) is 19.4 Å². The second-order valence-electron chi connectivity index (χ2n) is 4.46. The van der Waals surface area contributed by atoms with E-state index in [1.165, 1.54) is 4.90 Å². The number of aliphatic carboxylic acids is 1. The maximum Gasteiger partial charge on any atom is 0.305 e. The molecule has 1 atom stereocenters. The van der Waals surface area contributed by atoms with Crippen LogP contribution in [-0.4, -0.2) is 36.2 Å². The SMILES string of the molecule is Cc1cc(N2C(=O)COCC2CC(=O)O)ccc1Br. The molecule has 0 spiro atoms. The molecule has 6 heteroatoms. The Morgan fingerprint density at radius 1 is 1.58 bits per heavy atom. The van der Waals surface area contributed by atoms with E-state index in [0.717, 1.165) is 10.0 Å². The van der Waals surface area contributed by atoms with Crippen molar-refractivity contribution in [1.82, 2.24) is 0 Å². The zero-order valence-corrected chi connectivity index (χ0v) is 12.0. The summed E-state index contributed by atoms with van der Waals surface area (Å²) in [7, 11) is 0. The minimum Gasteiger partial charge on any atom is -0.481 e. The molecule has 0 saturated carbocycles. The van der Waals surface area contributed by atoms with Gasteiger partial charge >= 0.3 is 5.97 Å². The lowest BCUT2D eigenvalue weighted by atomic mass is 10.1. The number of hydrogen-bond acceptors (Lipinski definition) is 3. The molecule has 1 fully saturated rings. The van der Waals surface area contributed by atoms with Crippen molar-refractivity contribution in [3.8, 4) is 0 Å². The lowest BCUT2D eigenvalue weighted by Crippen LogP contribution is -2.50. The molecule has 102 valence electrons. The summed E-state index contributed by atoms with van der Waals surface area (Å²) < 4.78 is 6.09. The summed E-state index contributed by atoms with van der Waals surface area (Å²) >= 11 is 3.40. The van der Waals surface area contributed by atoms with Crippen LogP contribution in [0.5, 0.6) is 0 Å². The first kappa shape index (κ1) is 14.0. The second kappa shape index (κ2) is 5.71. The van der Waals surface area contributed by atoms with E-state index in [0.29, 0.717) is 5.69 Å². The fourth-order valence-electron chi connectivity index (χ4n) is 2.12. The molecule has 1 aromatic carbocycles. The van der Waals surface area contributed by atoms with Crippen LogP contribution in [0.4, 0.5) is 5.69 Å². The standard InChI is InChI=1S/C13H14BrNO4/c1-8-4-9(2-3-11(8)14)15-10(5-13(17)18)6-19-7-12(15)16/h2-4,10H,5-7H2,1H3,(H,17,18). The summed E-state index contributed by atoms with van der Waals surface area (Å²) in [6.45, 7) is 2.16. The van der Waals surface area contributed by atoms with Gasteiger partial charge in [-0.2, -0.15) is 0 Å². The van der Waals surface area contributed by atoms with E-state index in [1.807, 2.05) is 19.1 Å². The number of benzene rings is 1. The van der Waals surface area contributed by atoms with E-state index in [2.05, 4.69) is 15.9 Å².